The molecule has 4 unspecified atom stereocenters. The number of phosphoric ester groups is 2. The minimum atomic E-state index is -4.96. The molecule has 0 amide bonds. The fourth-order valence-electron chi connectivity index (χ4n) is 11.4. The zero-order chi connectivity index (χ0) is 69.4. The fourth-order valence-corrected chi connectivity index (χ4v) is 12.9. The van der Waals surface area contributed by atoms with Crippen molar-refractivity contribution in [2.24, 2.45) is 17.8 Å². The van der Waals surface area contributed by atoms with Gasteiger partial charge in [0.05, 0.1) is 26.4 Å². The van der Waals surface area contributed by atoms with Crippen LogP contribution in [-0.2, 0) is 65.4 Å². The van der Waals surface area contributed by atoms with E-state index in [0.29, 0.717) is 25.7 Å². The SMILES string of the molecule is CCCCCCCCCCCCCC(=O)O[C@H](COC(=O)CCCCCCCCC(C)CC)COP(=O)(O)OC[C@H](O)COP(=O)(O)OC[C@@H](COC(=O)CCCCCCCCCCC(C)CC)OC(=O)CCCCCCCCCCCCCCCCCCCCC(C)C. The van der Waals surface area contributed by atoms with E-state index in [9.17, 15) is 43.2 Å². The number of carbonyl (C=O) groups is 4. The highest BCUT2D eigenvalue weighted by atomic mass is 31.2. The van der Waals surface area contributed by atoms with Crippen LogP contribution in [-0.4, -0.2) is 96.7 Å². The average molecular weight is 1380 g/mol. The molecule has 0 saturated carbocycles. The maximum absolute atomic E-state index is 13.1. The van der Waals surface area contributed by atoms with Gasteiger partial charge >= 0.3 is 39.5 Å². The molecule has 0 bridgehead atoms. The molecule has 0 aromatic rings. The van der Waals surface area contributed by atoms with Gasteiger partial charge in [0.15, 0.2) is 12.2 Å². The first-order valence-corrected chi connectivity index (χ1v) is 41.9. The van der Waals surface area contributed by atoms with Crippen molar-refractivity contribution in [3.63, 3.8) is 0 Å². The second-order valence-corrected chi connectivity index (χ2v) is 30.9. The molecule has 0 spiro atoms. The van der Waals surface area contributed by atoms with Gasteiger partial charge in [0, 0.05) is 25.7 Å². The van der Waals surface area contributed by atoms with Gasteiger partial charge in [-0.1, -0.05) is 331 Å². The quantitative estimate of drug-likeness (QED) is 0.0222. The van der Waals surface area contributed by atoms with E-state index >= 15 is 0 Å². The van der Waals surface area contributed by atoms with Crippen molar-refractivity contribution in [3.05, 3.63) is 0 Å². The highest BCUT2D eigenvalue weighted by Gasteiger charge is 2.30. The van der Waals surface area contributed by atoms with E-state index in [1.807, 2.05) is 0 Å². The average Bonchev–Trinajstić information content (AvgIpc) is 1.49. The summed E-state index contributed by atoms with van der Waals surface area (Å²) in [6.45, 7) is 11.9. The van der Waals surface area contributed by atoms with Gasteiger partial charge in [-0.25, -0.2) is 9.13 Å². The van der Waals surface area contributed by atoms with E-state index < -0.39 is 97.5 Å². The zero-order valence-corrected chi connectivity index (χ0v) is 63.2. The third kappa shape index (κ3) is 66.0. The van der Waals surface area contributed by atoms with Gasteiger partial charge in [-0.2, -0.15) is 0 Å². The number of aliphatic hydroxyl groups excluding tert-OH is 1. The Bertz CT molecular complexity index is 1840. The molecule has 0 radical (unpaired) electrons. The highest BCUT2D eigenvalue weighted by molar-refractivity contribution is 7.47. The van der Waals surface area contributed by atoms with Crippen LogP contribution >= 0.6 is 15.6 Å². The Morgan fingerprint density at radius 2 is 0.543 bits per heavy atom. The van der Waals surface area contributed by atoms with Crippen LogP contribution in [0.15, 0.2) is 0 Å². The Morgan fingerprint density at radius 1 is 0.309 bits per heavy atom. The van der Waals surface area contributed by atoms with Gasteiger partial charge in [0.1, 0.15) is 19.3 Å². The lowest BCUT2D eigenvalue weighted by molar-refractivity contribution is -0.161. The molecule has 17 nitrogen and oxygen atoms in total. The molecule has 94 heavy (non-hydrogen) atoms. The summed E-state index contributed by atoms with van der Waals surface area (Å²) in [4.78, 5) is 72.7. The van der Waals surface area contributed by atoms with Crippen LogP contribution < -0.4 is 0 Å². The summed E-state index contributed by atoms with van der Waals surface area (Å²) in [6.07, 6.45) is 51.4. The summed E-state index contributed by atoms with van der Waals surface area (Å²) < 4.78 is 68.4. The van der Waals surface area contributed by atoms with E-state index in [0.717, 1.165) is 114 Å². The number of ether oxygens (including phenoxy) is 4. The van der Waals surface area contributed by atoms with Crippen LogP contribution in [0.1, 0.15) is 382 Å². The van der Waals surface area contributed by atoms with Crippen molar-refractivity contribution in [2.75, 3.05) is 39.6 Å². The Hall–Kier alpha value is -1.94. The fraction of sp³-hybridized carbons (Fsp3) is 0.947. The number of aliphatic hydroxyl groups is 1. The number of unbranched alkanes of at least 4 members (excludes halogenated alkanes) is 39. The zero-order valence-electron chi connectivity index (χ0n) is 61.4. The van der Waals surface area contributed by atoms with E-state index in [1.165, 1.54) is 186 Å². The van der Waals surface area contributed by atoms with Gasteiger partial charge in [-0.05, 0) is 43.4 Å². The van der Waals surface area contributed by atoms with E-state index in [4.69, 9.17) is 37.0 Å². The molecule has 0 aliphatic rings. The van der Waals surface area contributed by atoms with Crippen LogP contribution in [0.3, 0.4) is 0 Å². The lowest BCUT2D eigenvalue weighted by atomic mass is 9.99. The third-order valence-corrected chi connectivity index (χ3v) is 20.0. The lowest BCUT2D eigenvalue weighted by Gasteiger charge is -2.21. The second-order valence-electron chi connectivity index (χ2n) is 28.0. The van der Waals surface area contributed by atoms with Crippen LogP contribution in [0, 0.1) is 17.8 Å². The smallest absolute Gasteiger partial charge is 0.462 e. The van der Waals surface area contributed by atoms with Gasteiger partial charge in [-0.15, -0.1) is 0 Å². The number of phosphoric acid groups is 2. The second kappa shape index (κ2) is 65.7. The summed E-state index contributed by atoms with van der Waals surface area (Å²) in [5.41, 5.74) is 0. The molecule has 19 heteroatoms. The first-order valence-electron chi connectivity index (χ1n) is 38.9. The number of hydrogen-bond donors (Lipinski definition) is 3. The molecular weight excluding hydrogens is 1230 g/mol. The summed E-state index contributed by atoms with van der Waals surface area (Å²) in [5, 5.41) is 10.6. The summed E-state index contributed by atoms with van der Waals surface area (Å²) in [7, 11) is -9.91. The van der Waals surface area contributed by atoms with E-state index in [2.05, 4.69) is 48.5 Å². The van der Waals surface area contributed by atoms with E-state index in [1.54, 1.807) is 0 Å². The summed E-state index contributed by atoms with van der Waals surface area (Å²) in [5.74, 6) is 0.208. The van der Waals surface area contributed by atoms with Crippen molar-refractivity contribution in [1.82, 2.24) is 0 Å². The van der Waals surface area contributed by atoms with Crippen molar-refractivity contribution in [2.45, 2.75) is 401 Å². The first-order chi connectivity index (χ1) is 45.3. The van der Waals surface area contributed by atoms with Crippen molar-refractivity contribution >= 4 is 39.5 Å². The van der Waals surface area contributed by atoms with Gasteiger partial charge in [-0.3, -0.25) is 37.3 Å². The molecule has 7 atom stereocenters. The number of carbonyl (C=O) groups excluding carboxylic acids is 4. The molecular formula is C75H146O17P2. The van der Waals surface area contributed by atoms with Crippen LogP contribution in [0.25, 0.3) is 0 Å². The van der Waals surface area contributed by atoms with Gasteiger partial charge in [0.2, 0.25) is 0 Å². The molecule has 0 aromatic heterocycles. The Kier molecular flexibility index (Phi) is 64.3. The van der Waals surface area contributed by atoms with Gasteiger partial charge < -0.3 is 33.8 Å². The van der Waals surface area contributed by atoms with E-state index in [-0.39, 0.29) is 25.7 Å². The predicted octanol–water partition coefficient (Wildman–Crippen LogP) is 21.8. The van der Waals surface area contributed by atoms with Crippen LogP contribution in [0.4, 0.5) is 0 Å². The summed E-state index contributed by atoms with van der Waals surface area (Å²) >= 11 is 0. The van der Waals surface area contributed by atoms with Crippen molar-refractivity contribution in [3.8, 4) is 0 Å². The monoisotopic (exact) mass is 1380 g/mol. The maximum Gasteiger partial charge on any atom is 0.472 e. The predicted molar refractivity (Wildman–Crippen MR) is 381 cm³/mol. The molecule has 0 rings (SSSR count). The molecule has 0 fully saturated rings. The minimum Gasteiger partial charge on any atom is -0.462 e. The molecule has 0 heterocycles. The molecule has 558 valence electrons. The van der Waals surface area contributed by atoms with Crippen LogP contribution in [0.5, 0.6) is 0 Å². The molecule has 3 N–H and O–H groups in total. The largest absolute Gasteiger partial charge is 0.472 e. The normalized spacial score (nSPS) is 14.7. The Balaban J connectivity index is 5.20. The molecule has 0 saturated heterocycles. The van der Waals surface area contributed by atoms with Crippen molar-refractivity contribution < 1.29 is 80.2 Å². The van der Waals surface area contributed by atoms with Gasteiger partial charge in [0.25, 0.3) is 0 Å². The highest BCUT2D eigenvalue weighted by Crippen LogP contribution is 2.45. The van der Waals surface area contributed by atoms with Crippen LogP contribution in [0.2, 0.25) is 0 Å². The number of hydrogen-bond acceptors (Lipinski definition) is 15. The van der Waals surface area contributed by atoms with Crippen molar-refractivity contribution in [1.29, 1.82) is 0 Å². The number of esters is 4. The first kappa shape index (κ1) is 92.1. The third-order valence-electron chi connectivity index (χ3n) is 18.1. The molecule has 0 aliphatic carbocycles. The minimum absolute atomic E-state index is 0.106. The topological polar surface area (TPSA) is 237 Å². The summed E-state index contributed by atoms with van der Waals surface area (Å²) in [6, 6.07) is 0. The maximum atomic E-state index is 13.1. The molecule has 0 aliphatic heterocycles. The number of rotatable bonds is 73. The standard InChI is InChI=1S/C75H146O17P2/c1-8-11-12-13-14-15-24-28-35-44-51-58-74(79)92-71(63-86-73(78)57-50-43-38-37-41-48-55-68(7)10-3)65-90-94(83,84)88-61-69(76)60-87-93(81,82)89-64-70(62-85-72(77)56-49-42-34-31-30-33-40-47-54-67(6)9-2)91-75(80)59-52-45-36-29-26-23-21-19-17-16-18-20-22-25-27-32-39-46-53-66(4)5/h66-71,76H,8-65H2,1-7H3,(H,81,82)(H,83,84)/t67?,68?,69-,70-,71-/m1/s1. The Morgan fingerprint density at radius 3 is 0.809 bits per heavy atom. The molecule has 0 aromatic carbocycles. The Labute approximate surface area is 575 Å². The lowest BCUT2D eigenvalue weighted by Crippen LogP contribution is -2.30.